The van der Waals surface area contributed by atoms with Crippen LogP contribution in [-0.4, -0.2) is 56.7 Å². The van der Waals surface area contributed by atoms with Gasteiger partial charge in [0, 0.05) is 0 Å². The zero-order valence-electron chi connectivity index (χ0n) is 8.25. The maximum absolute atomic E-state index is 12.1. The fraction of sp³-hybridized carbons (Fsp3) is 1.00. The third-order valence-corrected chi connectivity index (χ3v) is 3.58. The summed E-state index contributed by atoms with van der Waals surface area (Å²) in [4.78, 5) is 0. The lowest BCUT2D eigenvalue weighted by molar-refractivity contribution is -0.0629. The highest BCUT2D eigenvalue weighted by Crippen LogP contribution is 2.33. The van der Waals surface area contributed by atoms with Gasteiger partial charge in [-0.25, -0.2) is 0 Å². The van der Waals surface area contributed by atoms with Gasteiger partial charge in [0.1, 0.15) is 24.4 Å². The highest BCUT2D eigenvalue weighted by molar-refractivity contribution is 7.87. The van der Waals surface area contributed by atoms with Gasteiger partial charge in [0.15, 0.2) is 0 Å². The molecule has 0 aliphatic carbocycles. The lowest BCUT2D eigenvalue weighted by Gasteiger charge is -2.17. The predicted octanol–water partition coefficient (Wildman–Crippen LogP) is -0.620. The average molecular weight is 278 g/mol. The number of fused-ring (bicyclic) bond motifs is 1. The first-order chi connectivity index (χ1) is 7.72. The summed E-state index contributed by atoms with van der Waals surface area (Å²) >= 11 is 0. The van der Waals surface area contributed by atoms with Crippen molar-refractivity contribution >= 4 is 10.1 Å². The molecule has 6 nitrogen and oxygen atoms in total. The van der Waals surface area contributed by atoms with Gasteiger partial charge in [-0.05, 0) is 0 Å². The Morgan fingerprint density at radius 2 is 1.76 bits per heavy atom. The van der Waals surface area contributed by atoms with Gasteiger partial charge in [0.05, 0.1) is 13.2 Å². The number of ether oxygens (including phenoxy) is 2. The molecule has 0 aromatic carbocycles. The number of hydrogen-bond acceptors (Lipinski definition) is 6. The highest BCUT2D eigenvalue weighted by Gasteiger charge is 2.54. The van der Waals surface area contributed by atoms with Crippen LogP contribution in [0.15, 0.2) is 0 Å². The SMILES string of the molecule is O=S(=O)(O[C@H]1CO[C@H]2[C@H]1OC[C@@H]2O)C(F)(F)F. The maximum atomic E-state index is 12.1. The van der Waals surface area contributed by atoms with Crippen molar-refractivity contribution in [2.24, 2.45) is 0 Å². The molecule has 0 saturated carbocycles. The van der Waals surface area contributed by atoms with Crippen LogP contribution >= 0.6 is 0 Å². The summed E-state index contributed by atoms with van der Waals surface area (Å²) in [6.45, 7) is -0.497. The standard InChI is InChI=1S/C7H9F3O6S/c8-7(9,10)17(12,13)16-4-2-15-5-3(11)1-14-6(4)5/h3-6,11H,1-2H2/t3-,4-,5+,6-/m0/s1. The van der Waals surface area contributed by atoms with Crippen LogP contribution in [0.5, 0.6) is 0 Å². The van der Waals surface area contributed by atoms with E-state index in [4.69, 9.17) is 9.47 Å². The van der Waals surface area contributed by atoms with E-state index in [9.17, 15) is 26.7 Å². The van der Waals surface area contributed by atoms with Crippen LogP contribution in [0, 0.1) is 0 Å². The van der Waals surface area contributed by atoms with E-state index in [1.807, 2.05) is 0 Å². The molecule has 0 bridgehead atoms. The molecule has 2 heterocycles. The van der Waals surface area contributed by atoms with Gasteiger partial charge in [-0.15, -0.1) is 0 Å². The second kappa shape index (κ2) is 4.05. The number of halogens is 3. The summed E-state index contributed by atoms with van der Waals surface area (Å²) in [7, 11) is -5.68. The summed E-state index contributed by atoms with van der Waals surface area (Å²) in [5.74, 6) is 0. The molecule has 0 aromatic heterocycles. The lowest BCUT2D eigenvalue weighted by Crippen LogP contribution is -2.37. The van der Waals surface area contributed by atoms with Crippen molar-refractivity contribution in [2.45, 2.75) is 29.9 Å². The monoisotopic (exact) mass is 278 g/mol. The molecule has 0 spiro atoms. The van der Waals surface area contributed by atoms with E-state index < -0.39 is 40.0 Å². The Balaban J connectivity index is 2.07. The van der Waals surface area contributed by atoms with Crippen molar-refractivity contribution in [1.82, 2.24) is 0 Å². The third-order valence-electron chi connectivity index (χ3n) is 2.52. The molecule has 1 N–H and O–H groups in total. The van der Waals surface area contributed by atoms with Crippen molar-refractivity contribution < 1.29 is 40.4 Å². The second-order valence-electron chi connectivity index (χ2n) is 3.70. The lowest BCUT2D eigenvalue weighted by atomic mass is 10.1. The van der Waals surface area contributed by atoms with Crippen molar-refractivity contribution in [1.29, 1.82) is 0 Å². The van der Waals surface area contributed by atoms with E-state index in [0.717, 1.165) is 0 Å². The number of aliphatic hydroxyl groups excluding tert-OH is 1. The summed E-state index contributed by atoms with van der Waals surface area (Å²) in [6, 6.07) is 0. The molecule has 2 rings (SSSR count). The van der Waals surface area contributed by atoms with Crippen molar-refractivity contribution in [3.8, 4) is 0 Å². The van der Waals surface area contributed by atoms with Gasteiger partial charge in [0.2, 0.25) is 0 Å². The minimum atomic E-state index is -5.68. The van der Waals surface area contributed by atoms with Gasteiger partial charge in [-0.2, -0.15) is 21.6 Å². The molecule has 2 fully saturated rings. The number of rotatable bonds is 2. The first-order valence-electron chi connectivity index (χ1n) is 4.63. The topological polar surface area (TPSA) is 82.1 Å². The summed E-state index contributed by atoms with van der Waals surface area (Å²) in [6.07, 6.45) is -4.21. The average Bonchev–Trinajstić information content (AvgIpc) is 2.70. The Kier molecular flexibility index (Phi) is 3.11. The van der Waals surface area contributed by atoms with Gasteiger partial charge in [-0.3, -0.25) is 4.18 Å². The quantitative estimate of drug-likeness (QED) is 0.535. The van der Waals surface area contributed by atoms with Crippen LogP contribution in [0.1, 0.15) is 0 Å². The fourth-order valence-electron chi connectivity index (χ4n) is 1.74. The highest BCUT2D eigenvalue weighted by atomic mass is 32.2. The van der Waals surface area contributed by atoms with E-state index in [1.54, 1.807) is 0 Å². The van der Waals surface area contributed by atoms with Gasteiger partial charge < -0.3 is 14.6 Å². The summed E-state index contributed by atoms with van der Waals surface area (Å²) in [5.41, 5.74) is -5.48. The zero-order valence-corrected chi connectivity index (χ0v) is 9.07. The minimum absolute atomic E-state index is 0.124. The smallest absolute Gasteiger partial charge is 0.388 e. The van der Waals surface area contributed by atoms with Crippen LogP contribution in [0.4, 0.5) is 13.2 Å². The number of hydrogen-bond donors (Lipinski definition) is 1. The van der Waals surface area contributed by atoms with Crippen LogP contribution in [0.25, 0.3) is 0 Å². The Labute approximate surface area is 94.4 Å². The molecule has 0 aromatic rings. The first-order valence-corrected chi connectivity index (χ1v) is 6.04. The van der Waals surface area contributed by atoms with E-state index in [0.29, 0.717) is 0 Å². The summed E-state index contributed by atoms with van der Waals surface area (Å²) in [5, 5.41) is 9.30. The summed E-state index contributed by atoms with van der Waals surface area (Å²) < 4.78 is 71.6. The van der Waals surface area contributed by atoms with E-state index in [1.165, 1.54) is 0 Å². The fourth-order valence-corrected chi connectivity index (χ4v) is 2.34. The zero-order chi connectivity index (χ0) is 12.8. The van der Waals surface area contributed by atoms with Crippen molar-refractivity contribution in [3.63, 3.8) is 0 Å². The van der Waals surface area contributed by atoms with E-state index >= 15 is 0 Å². The molecule has 0 amide bonds. The molecule has 2 aliphatic heterocycles. The number of aliphatic hydroxyl groups is 1. The van der Waals surface area contributed by atoms with E-state index in [2.05, 4.69) is 4.18 Å². The van der Waals surface area contributed by atoms with Crippen LogP contribution in [0.3, 0.4) is 0 Å². The molecule has 0 unspecified atom stereocenters. The van der Waals surface area contributed by atoms with Crippen LogP contribution < -0.4 is 0 Å². The normalized spacial score (nSPS) is 38.4. The van der Waals surface area contributed by atoms with Crippen LogP contribution in [0.2, 0.25) is 0 Å². The van der Waals surface area contributed by atoms with Crippen LogP contribution in [-0.2, 0) is 23.8 Å². The van der Waals surface area contributed by atoms with Crippen molar-refractivity contribution in [3.05, 3.63) is 0 Å². The Hall–Kier alpha value is -0.420. The van der Waals surface area contributed by atoms with Gasteiger partial charge >= 0.3 is 15.6 Å². The molecule has 2 saturated heterocycles. The predicted molar refractivity (Wildman–Crippen MR) is 45.3 cm³/mol. The molecular formula is C7H9F3O6S. The molecular weight excluding hydrogens is 269 g/mol. The Morgan fingerprint density at radius 1 is 1.18 bits per heavy atom. The van der Waals surface area contributed by atoms with E-state index in [-0.39, 0.29) is 13.2 Å². The second-order valence-corrected chi connectivity index (χ2v) is 5.26. The largest absolute Gasteiger partial charge is 0.523 e. The van der Waals surface area contributed by atoms with Crippen molar-refractivity contribution in [2.75, 3.05) is 13.2 Å². The van der Waals surface area contributed by atoms with Gasteiger partial charge in [-0.1, -0.05) is 0 Å². The Bertz CT molecular complexity index is 393. The molecule has 17 heavy (non-hydrogen) atoms. The molecule has 4 atom stereocenters. The number of alkyl halides is 3. The molecule has 10 heteroatoms. The molecule has 100 valence electrons. The third kappa shape index (κ3) is 2.27. The first kappa shape index (κ1) is 13.0. The molecule has 2 aliphatic rings. The molecule has 0 radical (unpaired) electrons. The minimum Gasteiger partial charge on any atom is -0.388 e. The maximum Gasteiger partial charge on any atom is 0.523 e. The van der Waals surface area contributed by atoms with Gasteiger partial charge in [0.25, 0.3) is 0 Å². The Morgan fingerprint density at radius 3 is 2.35 bits per heavy atom.